The average molecular weight is 142 g/mol. The van der Waals surface area contributed by atoms with Crippen LogP contribution in [-0.2, 0) is 9.59 Å². The summed E-state index contributed by atoms with van der Waals surface area (Å²) in [6, 6.07) is 0. The van der Waals surface area contributed by atoms with Gasteiger partial charge in [0.15, 0.2) is 0 Å². The van der Waals surface area contributed by atoms with Gasteiger partial charge in [0, 0.05) is 5.92 Å². The maximum atomic E-state index is 10.4. The monoisotopic (exact) mass is 142 g/mol. The molecule has 0 heterocycles. The van der Waals surface area contributed by atoms with Crippen molar-refractivity contribution in [2.45, 2.75) is 13.8 Å². The first-order chi connectivity index (χ1) is 4.51. The molecule has 1 aliphatic carbocycles. The molecule has 3 nitrogen and oxygen atoms in total. The van der Waals surface area contributed by atoms with Crippen LogP contribution in [0.25, 0.3) is 0 Å². The SMILES string of the molecule is CC1(C)[C@H](C=O)[C@H]1C(=O)O. The van der Waals surface area contributed by atoms with Crippen LogP contribution in [0.15, 0.2) is 0 Å². The minimum absolute atomic E-state index is 0.273. The molecule has 1 aliphatic rings. The Balaban J connectivity index is 2.70. The number of aliphatic carboxylic acids is 1. The quantitative estimate of drug-likeness (QED) is 0.572. The Hall–Kier alpha value is -0.860. The molecule has 0 unspecified atom stereocenters. The first kappa shape index (κ1) is 7.25. The van der Waals surface area contributed by atoms with Gasteiger partial charge in [-0.25, -0.2) is 0 Å². The zero-order valence-corrected chi connectivity index (χ0v) is 6.00. The van der Waals surface area contributed by atoms with E-state index in [1.165, 1.54) is 0 Å². The van der Waals surface area contributed by atoms with E-state index in [0.717, 1.165) is 6.29 Å². The van der Waals surface area contributed by atoms with E-state index in [1.807, 2.05) is 0 Å². The van der Waals surface area contributed by atoms with Crippen LogP contribution < -0.4 is 0 Å². The van der Waals surface area contributed by atoms with Crippen LogP contribution in [0.1, 0.15) is 13.8 Å². The molecule has 10 heavy (non-hydrogen) atoms. The second kappa shape index (κ2) is 1.81. The summed E-state index contributed by atoms with van der Waals surface area (Å²) in [6.07, 6.45) is 0.735. The third-order valence-electron chi connectivity index (χ3n) is 2.32. The predicted octanol–water partition coefficient (Wildman–Crippen LogP) is 0.542. The molecule has 0 amide bonds. The molecule has 1 fully saturated rings. The Morgan fingerprint density at radius 1 is 1.60 bits per heavy atom. The van der Waals surface area contributed by atoms with Gasteiger partial charge in [0.2, 0.25) is 0 Å². The van der Waals surface area contributed by atoms with Crippen molar-refractivity contribution in [3.05, 3.63) is 0 Å². The fraction of sp³-hybridized carbons (Fsp3) is 0.714. The summed E-state index contributed by atoms with van der Waals surface area (Å²) in [7, 11) is 0. The summed E-state index contributed by atoms with van der Waals surface area (Å²) in [5.41, 5.74) is -0.312. The zero-order chi connectivity index (χ0) is 7.94. The van der Waals surface area contributed by atoms with E-state index >= 15 is 0 Å². The van der Waals surface area contributed by atoms with Crippen molar-refractivity contribution in [3.8, 4) is 0 Å². The molecule has 0 aromatic carbocycles. The van der Waals surface area contributed by atoms with Crippen LogP contribution in [0.4, 0.5) is 0 Å². The third kappa shape index (κ3) is 0.735. The highest BCUT2D eigenvalue weighted by atomic mass is 16.4. The number of aldehydes is 1. The van der Waals surface area contributed by atoms with Gasteiger partial charge in [-0.15, -0.1) is 0 Å². The second-order valence-electron chi connectivity index (χ2n) is 3.30. The zero-order valence-electron chi connectivity index (χ0n) is 6.00. The summed E-state index contributed by atoms with van der Waals surface area (Å²) in [4.78, 5) is 20.6. The molecular weight excluding hydrogens is 132 g/mol. The van der Waals surface area contributed by atoms with Crippen molar-refractivity contribution in [1.29, 1.82) is 0 Å². The van der Waals surface area contributed by atoms with Crippen molar-refractivity contribution >= 4 is 12.3 Å². The molecule has 2 atom stereocenters. The molecule has 0 spiro atoms. The van der Waals surface area contributed by atoms with Crippen molar-refractivity contribution < 1.29 is 14.7 Å². The summed E-state index contributed by atoms with van der Waals surface area (Å²) < 4.78 is 0. The fourth-order valence-electron chi connectivity index (χ4n) is 1.40. The van der Waals surface area contributed by atoms with E-state index in [4.69, 9.17) is 5.11 Å². The van der Waals surface area contributed by atoms with E-state index in [9.17, 15) is 9.59 Å². The Bertz CT molecular complexity index is 183. The number of carboxylic acids is 1. The topological polar surface area (TPSA) is 54.4 Å². The smallest absolute Gasteiger partial charge is 0.307 e. The summed E-state index contributed by atoms with van der Waals surface area (Å²) >= 11 is 0. The maximum absolute atomic E-state index is 10.4. The van der Waals surface area contributed by atoms with Crippen LogP contribution in [0.3, 0.4) is 0 Å². The second-order valence-corrected chi connectivity index (χ2v) is 3.30. The van der Waals surface area contributed by atoms with Gasteiger partial charge in [-0.1, -0.05) is 13.8 Å². The summed E-state index contributed by atoms with van der Waals surface area (Å²) in [5, 5.41) is 8.53. The molecular formula is C7H10O3. The Morgan fingerprint density at radius 2 is 2.10 bits per heavy atom. The highest BCUT2D eigenvalue weighted by Gasteiger charge is 2.62. The maximum Gasteiger partial charge on any atom is 0.307 e. The highest BCUT2D eigenvalue weighted by molar-refractivity contribution is 5.82. The molecule has 0 bridgehead atoms. The van der Waals surface area contributed by atoms with Gasteiger partial charge < -0.3 is 9.90 Å². The van der Waals surface area contributed by atoms with Gasteiger partial charge in [-0.2, -0.15) is 0 Å². The van der Waals surface area contributed by atoms with Crippen LogP contribution >= 0.6 is 0 Å². The average Bonchev–Trinajstić information content (AvgIpc) is 2.33. The first-order valence-corrected chi connectivity index (χ1v) is 3.20. The lowest BCUT2D eigenvalue weighted by atomic mass is 10.1. The van der Waals surface area contributed by atoms with Gasteiger partial charge in [-0.05, 0) is 5.41 Å². The van der Waals surface area contributed by atoms with Gasteiger partial charge >= 0.3 is 5.97 Å². The van der Waals surface area contributed by atoms with Crippen LogP contribution in [0.2, 0.25) is 0 Å². The molecule has 0 aliphatic heterocycles. The number of hydrogen-bond acceptors (Lipinski definition) is 2. The highest BCUT2D eigenvalue weighted by Crippen LogP contribution is 2.56. The van der Waals surface area contributed by atoms with Crippen molar-refractivity contribution in [1.82, 2.24) is 0 Å². The molecule has 1 saturated carbocycles. The van der Waals surface area contributed by atoms with E-state index < -0.39 is 11.9 Å². The van der Waals surface area contributed by atoms with Crippen molar-refractivity contribution in [2.75, 3.05) is 0 Å². The lowest BCUT2D eigenvalue weighted by molar-refractivity contribution is -0.139. The lowest BCUT2D eigenvalue weighted by Crippen LogP contribution is -2.03. The Morgan fingerprint density at radius 3 is 2.20 bits per heavy atom. The summed E-state index contributed by atoms with van der Waals surface area (Å²) in [5.74, 6) is -1.59. The van der Waals surface area contributed by atoms with Crippen LogP contribution in [0.5, 0.6) is 0 Å². The molecule has 0 aromatic rings. The number of carbonyl (C=O) groups excluding carboxylic acids is 1. The number of rotatable bonds is 2. The van der Waals surface area contributed by atoms with Gasteiger partial charge in [0.25, 0.3) is 0 Å². The normalized spacial score (nSPS) is 35.0. The molecule has 56 valence electrons. The number of carbonyl (C=O) groups is 2. The van der Waals surface area contributed by atoms with E-state index in [-0.39, 0.29) is 11.3 Å². The largest absolute Gasteiger partial charge is 0.481 e. The molecule has 1 N–H and O–H groups in total. The van der Waals surface area contributed by atoms with Crippen LogP contribution in [0, 0.1) is 17.3 Å². The first-order valence-electron chi connectivity index (χ1n) is 3.20. The molecule has 1 rings (SSSR count). The minimum Gasteiger partial charge on any atom is -0.481 e. The standard InChI is InChI=1S/C7H10O3/c1-7(2)4(3-8)5(7)6(9)10/h3-5H,1-2H3,(H,9,10)/t4-,5+/m1/s1. The minimum atomic E-state index is -0.859. The van der Waals surface area contributed by atoms with Gasteiger partial charge in [0.1, 0.15) is 6.29 Å². The molecule has 0 saturated heterocycles. The predicted molar refractivity (Wildman–Crippen MR) is 34.5 cm³/mol. The Kier molecular flexibility index (Phi) is 1.31. The number of hydrogen-bond donors (Lipinski definition) is 1. The van der Waals surface area contributed by atoms with Gasteiger partial charge in [-0.3, -0.25) is 4.79 Å². The molecule has 0 aromatic heterocycles. The van der Waals surface area contributed by atoms with Crippen molar-refractivity contribution in [3.63, 3.8) is 0 Å². The van der Waals surface area contributed by atoms with E-state index in [0.29, 0.717) is 0 Å². The molecule has 3 heteroatoms. The van der Waals surface area contributed by atoms with E-state index in [1.54, 1.807) is 13.8 Å². The van der Waals surface area contributed by atoms with Crippen molar-refractivity contribution in [2.24, 2.45) is 17.3 Å². The lowest BCUT2D eigenvalue weighted by Gasteiger charge is -1.94. The third-order valence-corrected chi connectivity index (χ3v) is 2.32. The van der Waals surface area contributed by atoms with E-state index in [2.05, 4.69) is 0 Å². The van der Waals surface area contributed by atoms with Gasteiger partial charge in [0.05, 0.1) is 5.92 Å². The molecule has 0 radical (unpaired) electrons. The Labute approximate surface area is 59.0 Å². The number of carboxylic acid groups (broad SMARTS) is 1. The summed E-state index contributed by atoms with van der Waals surface area (Å²) in [6.45, 7) is 3.59. The van der Waals surface area contributed by atoms with Crippen LogP contribution in [-0.4, -0.2) is 17.4 Å². The fourth-order valence-corrected chi connectivity index (χ4v) is 1.40.